The van der Waals surface area contributed by atoms with E-state index in [1.54, 1.807) is 0 Å². The highest BCUT2D eigenvalue weighted by atomic mass is 127. The van der Waals surface area contributed by atoms with Crippen LogP contribution in [0.4, 0.5) is 6.01 Å². The predicted octanol–water partition coefficient (Wildman–Crippen LogP) is 2.63. The molecule has 0 atom stereocenters. The first kappa shape index (κ1) is 13.5. The van der Waals surface area contributed by atoms with E-state index < -0.39 is 0 Å². The molecule has 3 fully saturated rings. The van der Waals surface area contributed by atoms with Gasteiger partial charge in [0.15, 0.2) is 0 Å². The molecule has 6 heteroatoms. The molecule has 0 radical (unpaired) electrons. The zero-order valence-corrected chi connectivity index (χ0v) is 13.9. The molecule has 0 saturated carbocycles. The second-order valence-corrected chi connectivity index (χ2v) is 6.91. The highest BCUT2D eigenvalue weighted by molar-refractivity contribution is 14.1. The summed E-state index contributed by atoms with van der Waals surface area (Å²) >= 11 is 2.29. The van der Waals surface area contributed by atoms with Crippen LogP contribution in [0, 0.1) is 3.57 Å². The van der Waals surface area contributed by atoms with E-state index in [4.69, 9.17) is 4.42 Å². The van der Waals surface area contributed by atoms with Crippen molar-refractivity contribution in [3.63, 3.8) is 0 Å². The molecule has 4 heterocycles. The molecule has 3 saturated heterocycles. The minimum Gasteiger partial charge on any atom is -0.403 e. The van der Waals surface area contributed by atoms with Crippen LogP contribution in [0.3, 0.4) is 0 Å². The van der Waals surface area contributed by atoms with Crippen molar-refractivity contribution in [2.24, 2.45) is 0 Å². The van der Waals surface area contributed by atoms with Crippen LogP contribution in [0.2, 0.25) is 0 Å². The Morgan fingerprint density at radius 3 is 2.52 bits per heavy atom. The van der Waals surface area contributed by atoms with Crippen LogP contribution in [0.1, 0.15) is 12.8 Å². The second kappa shape index (κ2) is 5.57. The molecule has 0 N–H and O–H groups in total. The fourth-order valence-corrected chi connectivity index (χ4v) is 3.54. The molecule has 0 unspecified atom stereocenters. The highest BCUT2D eigenvalue weighted by Gasteiger charge is 2.31. The van der Waals surface area contributed by atoms with E-state index in [0.717, 1.165) is 18.7 Å². The standard InChI is InChI=1S/C15H17IN4O/c16-12-3-1-11(2-4-12)14-17-18-15(21-14)20-10-9-19-7-5-13(20)6-8-19/h1-4,13H,5-10H2. The number of rotatable bonds is 2. The number of anilines is 1. The molecule has 110 valence electrons. The number of hydrogen-bond acceptors (Lipinski definition) is 5. The second-order valence-electron chi connectivity index (χ2n) is 5.66. The van der Waals surface area contributed by atoms with Gasteiger partial charge < -0.3 is 14.2 Å². The molecule has 21 heavy (non-hydrogen) atoms. The van der Waals surface area contributed by atoms with Crippen molar-refractivity contribution >= 4 is 28.6 Å². The summed E-state index contributed by atoms with van der Waals surface area (Å²) < 4.78 is 7.14. The Morgan fingerprint density at radius 1 is 1.00 bits per heavy atom. The number of hydrogen-bond donors (Lipinski definition) is 0. The normalized spacial score (nSPS) is 25.1. The summed E-state index contributed by atoms with van der Waals surface area (Å²) in [5, 5.41) is 8.52. The fourth-order valence-electron chi connectivity index (χ4n) is 3.18. The Labute approximate surface area is 137 Å². The molecule has 5 rings (SSSR count). The molecular weight excluding hydrogens is 379 g/mol. The quantitative estimate of drug-likeness (QED) is 0.731. The van der Waals surface area contributed by atoms with Gasteiger partial charge in [0.1, 0.15) is 0 Å². The number of benzene rings is 1. The predicted molar refractivity (Wildman–Crippen MR) is 89.3 cm³/mol. The van der Waals surface area contributed by atoms with Gasteiger partial charge in [0.25, 0.3) is 0 Å². The molecule has 5 nitrogen and oxygen atoms in total. The lowest BCUT2D eigenvalue weighted by Crippen LogP contribution is -2.38. The smallest absolute Gasteiger partial charge is 0.318 e. The average molecular weight is 396 g/mol. The molecule has 3 aliphatic heterocycles. The molecule has 3 aliphatic rings. The van der Waals surface area contributed by atoms with E-state index in [0.29, 0.717) is 17.9 Å². The van der Waals surface area contributed by atoms with Gasteiger partial charge in [-0.25, -0.2) is 0 Å². The monoisotopic (exact) mass is 396 g/mol. The van der Waals surface area contributed by atoms with Crippen molar-refractivity contribution in [3.05, 3.63) is 27.8 Å². The largest absolute Gasteiger partial charge is 0.403 e. The summed E-state index contributed by atoms with van der Waals surface area (Å²) in [6.07, 6.45) is 2.39. The molecule has 0 amide bonds. The summed E-state index contributed by atoms with van der Waals surface area (Å²) in [6.45, 7) is 4.47. The maximum atomic E-state index is 5.94. The fraction of sp³-hybridized carbons (Fsp3) is 0.467. The molecule has 0 spiro atoms. The first-order chi connectivity index (χ1) is 10.3. The van der Waals surface area contributed by atoms with Gasteiger partial charge in [0.2, 0.25) is 5.89 Å². The minimum atomic E-state index is 0.550. The first-order valence-corrected chi connectivity index (χ1v) is 8.46. The maximum absolute atomic E-state index is 5.94. The van der Waals surface area contributed by atoms with Crippen LogP contribution in [-0.4, -0.2) is 47.3 Å². The first-order valence-electron chi connectivity index (χ1n) is 7.38. The van der Waals surface area contributed by atoms with Crippen LogP contribution < -0.4 is 4.90 Å². The summed E-state index contributed by atoms with van der Waals surface area (Å²) in [5.74, 6) is 0.612. The summed E-state index contributed by atoms with van der Waals surface area (Å²) in [5.41, 5.74) is 0.983. The SMILES string of the molecule is Ic1ccc(-c2nnc(N3CCN4CCC3CC4)o2)cc1. The van der Waals surface area contributed by atoms with Crippen molar-refractivity contribution in [3.8, 4) is 11.5 Å². The Morgan fingerprint density at radius 2 is 1.76 bits per heavy atom. The lowest BCUT2D eigenvalue weighted by Gasteiger charge is -2.29. The van der Waals surface area contributed by atoms with Gasteiger partial charge in [0.05, 0.1) is 0 Å². The van der Waals surface area contributed by atoms with Gasteiger partial charge in [-0.05, 0) is 59.7 Å². The number of fused-ring (bicyclic) bond motifs is 4. The van der Waals surface area contributed by atoms with Crippen LogP contribution in [0.15, 0.2) is 28.7 Å². The van der Waals surface area contributed by atoms with Gasteiger partial charge in [-0.2, -0.15) is 0 Å². The van der Waals surface area contributed by atoms with Crippen molar-refractivity contribution in [1.29, 1.82) is 0 Å². The summed E-state index contributed by atoms with van der Waals surface area (Å²) in [7, 11) is 0. The molecule has 1 aromatic heterocycles. The number of piperidine rings is 1. The van der Waals surface area contributed by atoms with Gasteiger partial charge in [-0.3, -0.25) is 0 Å². The van der Waals surface area contributed by atoms with E-state index in [1.165, 1.54) is 29.5 Å². The third-order valence-corrected chi connectivity index (χ3v) is 5.13. The Kier molecular flexibility index (Phi) is 3.58. The average Bonchev–Trinajstić information content (AvgIpc) is 2.81. The molecular formula is C15H17IN4O. The van der Waals surface area contributed by atoms with E-state index in [1.807, 2.05) is 12.1 Å². The van der Waals surface area contributed by atoms with Crippen molar-refractivity contribution in [2.45, 2.75) is 18.9 Å². The van der Waals surface area contributed by atoms with Gasteiger partial charge in [-0.1, -0.05) is 5.10 Å². The molecule has 2 aromatic rings. The Balaban J connectivity index is 1.60. The number of nitrogens with zero attached hydrogens (tertiary/aromatic N) is 4. The lowest BCUT2D eigenvalue weighted by molar-refractivity contribution is 0.249. The highest BCUT2D eigenvalue weighted by Crippen LogP contribution is 2.28. The van der Waals surface area contributed by atoms with E-state index in [9.17, 15) is 0 Å². The van der Waals surface area contributed by atoms with Crippen molar-refractivity contribution in [2.75, 3.05) is 31.1 Å². The zero-order valence-electron chi connectivity index (χ0n) is 11.7. The summed E-state index contributed by atoms with van der Waals surface area (Å²) in [4.78, 5) is 4.82. The maximum Gasteiger partial charge on any atom is 0.318 e. The van der Waals surface area contributed by atoms with Crippen LogP contribution in [0.25, 0.3) is 11.5 Å². The van der Waals surface area contributed by atoms with Crippen molar-refractivity contribution in [1.82, 2.24) is 15.1 Å². The summed E-state index contributed by atoms with van der Waals surface area (Å²) in [6, 6.07) is 9.39. The van der Waals surface area contributed by atoms with E-state index >= 15 is 0 Å². The topological polar surface area (TPSA) is 45.4 Å². The van der Waals surface area contributed by atoms with E-state index in [-0.39, 0.29) is 0 Å². The Hall–Kier alpha value is -1.15. The third-order valence-electron chi connectivity index (χ3n) is 4.41. The van der Waals surface area contributed by atoms with Gasteiger partial charge in [-0.15, -0.1) is 5.10 Å². The van der Waals surface area contributed by atoms with Crippen LogP contribution in [-0.2, 0) is 0 Å². The van der Waals surface area contributed by atoms with E-state index in [2.05, 4.69) is 54.7 Å². The lowest BCUT2D eigenvalue weighted by atomic mass is 10.1. The van der Waals surface area contributed by atoms with Crippen molar-refractivity contribution < 1.29 is 4.42 Å². The van der Waals surface area contributed by atoms with Crippen LogP contribution in [0.5, 0.6) is 0 Å². The van der Waals surface area contributed by atoms with Gasteiger partial charge in [0, 0.05) is 41.4 Å². The Bertz CT molecular complexity index is 619. The molecule has 1 aromatic carbocycles. The van der Waals surface area contributed by atoms with Gasteiger partial charge >= 0.3 is 6.01 Å². The number of aromatic nitrogens is 2. The third kappa shape index (κ3) is 2.66. The minimum absolute atomic E-state index is 0.550. The molecule has 0 aliphatic carbocycles. The van der Waals surface area contributed by atoms with Crippen LogP contribution >= 0.6 is 22.6 Å². The number of halogens is 1. The molecule has 2 bridgehead atoms. The zero-order chi connectivity index (χ0) is 14.2.